The van der Waals surface area contributed by atoms with Crippen molar-refractivity contribution in [3.8, 4) is 22.7 Å². The molecular formula is C30H24Cl2N8O4. The molecule has 14 heteroatoms. The van der Waals surface area contributed by atoms with Gasteiger partial charge in [-0.1, -0.05) is 58.7 Å². The van der Waals surface area contributed by atoms with Crippen LogP contribution in [-0.2, 0) is 16.0 Å². The maximum absolute atomic E-state index is 13.7. The summed E-state index contributed by atoms with van der Waals surface area (Å²) in [6, 6.07) is 17.8. The maximum Gasteiger partial charge on any atom is 0.269 e. The molecule has 1 aliphatic rings. The second kappa shape index (κ2) is 11.5. The monoisotopic (exact) mass is 630 g/mol. The molecule has 2 aromatic carbocycles. The lowest BCUT2D eigenvalue weighted by atomic mass is 10.0. The quantitative estimate of drug-likeness (QED) is 0.262. The van der Waals surface area contributed by atoms with Crippen LogP contribution in [0, 0.1) is 0 Å². The van der Waals surface area contributed by atoms with E-state index in [1.165, 1.54) is 27.8 Å². The third-order valence-corrected chi connectivity index (χ3v) is 7.35. The van der Waals surface area contributed by atoms with Crippen LogP contribution in [0.1, 0.15) is 25.5 Å². The molecular weight excluding hydrogens is 607 g/mol. The van der Waals surface area contributed by atoms with Gasteiger partial charge in [0.05, 0.1) is 23.9 Å². The average molecular weight is 631 g/mol. The normalized spacial score (nSPS) is 14.2. The first-order chi connectivity index (χ1) is 21.1. The molecule has 3 aromatic heterocycles. The SMILES string of the molecule is CC1(C)Oc2ccc(NC(=O)[C@H](Cc3ccccc3)n3cnc(-c4cc(Cl)ccc4-n4cc(Cl)nn4)cc3=O)nc2NC1=O. The lowest BCUT2D eigenvalue weighted by Crippen LogP contribution is -2.46. The third-order valence-electron chi connectivity index (χ3n) is 6.95. The number of nitrogens with one attached hydrogen (secondary N) is 2. The van der Waals surface area contributed by atoms with Gasteiger partial charge in [0.1, 0.15) is 11.9 Å². The topological polar surface area (TPSA) is 146 Å². The number of benzene rings is 2. The number of aromatic nitrogens is 6. The van der Waals surface area contributed by atoms with E-state index < -0.39 is 23.1 Å². The first-order valence-corrected chi connectivity index (χ1v) is 14.2. The minimum absolute atomic E-state index is 0.170. The van der Waals surface area contributed by atoms with Crippen LogP contribution in [0.3, 0.4) is 0 Å². The number of rotatable bonds is 7. The molecule has 44 heavy (non-hydrogen) atoms. The Labute approximate surface area is 260 Å². The van der Waals surface area contributed by atoms with E-state index in [0.29, 0.717) is 27.7 Å². The molecule has 0 bridgehead atoms. The zero-order valence-electron chi connectivity index (χ0n) is 23.4. The van der Waals surface area contributed by atoms with Gasteiger partial charge in [-0.3, -0.25) is 19.0 Å². The van der Waals surface area contributed by atoms with Crippen molar-refractivity contribution in [1.82, 2.24) is 29.5 Å². The van der Waals surface area contributed by atoms with Gasteiger partial charge >= 0.3 is 0 Å². The number of nitrogens with zero attached hydrogens (tertiary/aromatic N) is 6. The number of halogens is 2. The lowest BCUT2D eigenvalue weighted by Gasteiger charge is -2.31. The van der Waals surface area contributed by atoms with Crippen LogP contribution in [-0.4, -0.2) is 46.9 Å². The fourth-order valence-corrected chi connectivity index (χ4v) is 5.00. The van der Waals surface area contributed by atoms with Crippen LogP contribution in [0.25, 0.3) is 16.9 Å². The second-order valence-corrected chi connectivity index (χ2v) is 11.3. The predicted octanol–water partition coefficient (Wildman–Crippen LogP) is 4.72. The van der Waals surface area contributed by atoms with Gasteiger partial charge in [0.15, 0.2) is 22.3 Å². The summed E-state index contributed by atoms with van der Waals surface area (Å²) in [5, 5.41) is 13.9. The van der Waals surface area contributed by atoms with Gasteiger partial charge in [0.2, 0.25) is 5.91 Å². The summed E-state index contributed by atoms with van der Waals surface area (Å²) in [5.41, 5.74) is 0.659. The molecule has 0 radical (unpaired) electrons. The Kier molecular flexibility index (Phi) is 7.62. The zero-order valence-corrected chi connectivity index (χ0v) is 24.9. The highest BCUT2D eigenvalue weighted by atomic mass is 35.5. The standard InChI is InChI=1S/C30H24Cl2N8O4/c1-30(2)29(43)36-27-23(44-30)10-11-25(34-27)35-28(42)22(12-17-6-4-3-5-7-17)39-16-33-20(14-26(39)41)19-13-18(31)8-9-21(19)40-15-24(32)37-38-40/h3-11,13-16,22H,12H2,1-2H3,(H2,34,35,36,42,43)/t22-/m0/s1. The van der Waals surface area contributed by atoms with E-state index in [2.05, 4.69) is 30.9 Å². The summed E-state index contributed by atoms with van der Waals surface area (Å²) in [6.07, 6.45) is 3.02. The Morgan fingerprint density at radius 3 is 2.59 bits per heavy atom. The van der Waals surface area contributed by atoms with Gasteiger partial charge in [0.25, 0.3) is 11.5 Å². The predicted molar refractivity (Wildman–Crippen MR) is 164 cm³/mol. The van der Waals surface area contributed by atoms with Crippen LogP contribution < -0.4 is 20.9 Å². The Balaban J connectivity index is 1.34. The van der Waals surface area contributed by atoms with Gasteiger partial charge < -0.3 is 15.4 Å². The molecule has 0 saturated carbocycles. The number of ether oxygens (including phenoxy) is 1. The van der Waals surface area contributed by atoms with E-state index in [0.717, 1.165) is 5.56 Å². The van der Waals surface area contributed by atoms with Gasteiger partial charge in [-0.15, -0.1) is 5.10 Å². The minimum Gasteiger partial charge on any atom is -0.474 e. The van der Waals surface area contributed by atoms with Crippen LogP contribution in [0.2, 0.25) is 10.2 Å². The number of pyridine rings is 1. The molecule has 0 aliphatic carbocycles. The maximum atomic E-state index is 13.7. The summed E-state index contributed by atoms with van der Waals surface area (Å²) in [6.45, 7) is 3.28. The van der Waals surface area contributed by atoms with Crippen LogP contribution in [0.15, 0.2) is 84.0 Å². The smallest absolute Gasteiger partial charge is 0.269 e. The molecule has 5 aromatic rings. The van der Waals surface area contributed by atoms with E-state index in [1.54, 1.807) is 44.2 Å². The fourth-order valence-electron chi connectivity index (χ4n) is 4.70. The van der Waals surface area contributed by atoms with Crippen molar-refractivity contribution >= 4 is 46.7 Å². The highest BCUT2D eigenvalue weighted by Gasteiger charge is 2.36. The molecule has 0 fully saturated rings. The van der Waals surface area contributed by atoms with Gasteiger partial charge in [-0.25, -0.2) is 14.6 Å². The van der Waals surface area contributed by atoms with E-state index in [4.69, 9.17) is 27.9 Å². The summed E-state index contributed by atoms with van der Waals surface area (Å²) in [4.78, 5) is 48.6. The molecule has 2 N–H and O–H groups in total. The Morgan fingerprint density at radius 2 is 1.86 bits per heavy atom. The average Bonchev–Trinajstić information content (AvgIpc) is 3.43. The van der Waals surface area contributed by atoms with E-state index in [1.807, 2.05) is 30.3 Å². The van der Waals surface area contributed by atoms with Crippen LogP contribution >= 0.6 is 23.2 Å². The summed E-state index contributed by atoms with van der Waals surface area (Å²) >= 11 is 12.3. The first kappa shape index (κ1) is 29.0. The Hall–Kier alpha value is -5.07. The molecule has 1 atom stereocenters. The van der Waals surface area contributed by atoms with Crippen LogP contribution in [0.4, 0.5) is 11.6 Å². The molecule has 12 nitrogen and oxygen atoms in total. The van der Waals surface area contributed by atoms with Crippen molar-refractivity contribution in [3.63, 3.8) is 0 Å². The van der Waals surface area contributed by atoms with Gasteiger partial charge in [-0.2, -0.15) is 0 Å². The number of anilines is 2. The second-order valence-electron chi connectivity index (χ2n) is 10.5. The minimum atomic E-state index is -1.06. The summed E-state index contributed by atoms with van der Waals surface area (Å²) in [5.74, 6) is -0.153. The zero-order chi connectivity index (χ0) is 31.0. The van der Waals surface area contributed by atoms with Crippen molar-refractivity contribution in [2.75, 3.05) is 10.6 Å². The summed E-state index contributed by atoms with van der Waals surface area (Å²) in [7, 11) is 0. The molecule has 0 unspecified atom stereocenters. The number of carbonyl (C=O) groups is 2. The largest absolute Gasteiger partial charge is 0.474 e. The van der Waals surface area contributed by atoms with Gasteiger partial charge in [-0.05, 0) is 49.7 Å². The van der Waals surface area contributed by atoms with Crippen molar-refractivity contribution in [2.45, 2.75) is 31.9 Å². The molecule has 2 amide bonds. The number of fused-ring (bicyclic) bond motifs is 1. The van der Waals surface area contributed by atoms with Crippen LogP contribution in [0.5, 0.6) is 5.75 Å². The molecule has 6 rings (SSSR count). The highest BCUT2D eigenvalue weighted by Crippen LogP contribution is 2.33. The number of hydrogen-bond donors (Lipinski definition) is 2. The van der Waals surface area contributed by atoms with Crippen molar-refractivity contribution in [1.29, 1.82) is 0 Å². The molecule has 4 heterocycles. The first-order valence-electron chi connectivity index (χ1n) is 13.4. The molecule has 222 valence electrons. The molecule has 0 saturated heterocycles. The van der Waals surface area contributed by atoms with E-state index >= 15 is 0 Å². The van der Waals surface area contributed by atoms with Crippen molar-refractivity contribution in [2.24, 2.45) is 0 Å². The lowest BCUT2D eigenvalue weighted by molar-refractivity contribution is -0.129. The van der Waals surface area contributed by atoms with Gasteiger partial charge in [0, 0.05) is 23.1 Å². The molecule has 0 spiro atoms. The Morgan fingerprint density at radius 1 is 1.07 bits per heavy atom. The van der Waals surface area contributed by atoms with Crippen molar-refractivity contribution in [3.05, 3.63) is 105 Å². The number of hydrogen-bond acceptors (Lipinski definition) is 8. The third kappa shape index (κ3) is 5.90. The molecule has 1 aliphatic heterocycles. The highest BCUT2D eigenvalue weighted by molar-refractivity contribution is 6.31. The number of amides is 2. The summed E-state index contributed by atoms with van der Waals surface area (Å²) < 4.78 is 8.44. The van der Waals surface area contributed by atoms with E-state index in [-0.39, 0.29) is 29.1 Å². The fraction of sp³-hybridized carbons (Fsp3) is 0.167. The van der Waals surface area contributed by atoms with Crippen molar-refractivity contribution < 1.29 is 14.3 Å². The van der Waals surface area contributed by atoms with E-state index in [9.17, 15) is 14.4 Å². The number of carbonyl (C=O) groups excluding carboxylic acids is 2. The Bertz CT molecular complexity index is 1960.